The lowest BCUT2D eigenvalue weighted by Crippen LogP contribution is -2.39. The molecule has 32 heavy (non-hydrogen) atoms. The van der Waals surface area contributed by atoms with Crippen LogP contribution < -0.4 is 15.5 Å². The Morgan fingerprint density at radius 3 is 2.69 bits per heavy atom. The van der Waals surface area contributed by atoms with Gasteiger partial charge >= 0.3 is 6.09 Å². The van der Waals surface area contributed by atoms with Crippen LogP contribution in [0.4, 0.5) is 9.18 Å². The summed E-state index contributed by atoms with van der Waals surface area (Å²) < 4.78 is 29.4. The van der Waals surface area contributed by atoms with Gasteiger partial charge in [-0.15, -0.1) is 0 Å². The quantitative estimate of drug-likeness (QED) is 0.554. The predicted molar refractivity (Wildman–Crippen MR) is 112 cm³/mol. The number of nitrogens with one attached hydrogen (secondary N) is 1. The lowest BCUT2D eigenvalue weighted by atomic mass is 9.96. The van der Waals surface area contributed by atoms with Crippen molar-refractivity contribution in [3.63, 3.8) is 0 Å². The average molecular weight is 443 g/mol. The molecule has 2 aromatic carbocycles. The Bertz CT molecular complexity index is 1230. The van der Waals surface area contributed by atoms with Crippen molar-refractivity contribution < 1.29 is 33.3 Å². The lowest BCUT2D eigenvalue weighted by Gasteiger charge is -2.24. The molecule has 0 aliphatic carbocycles. The molecular formula is C23H22FNO7. The zero-order valence-electron chi connectivity index (χ0n) is 17.5. The van der Waals surface area contributed by atoms with E-state index in [1.54, 1.807) is 13.8 Å². The van der Waals surface area contributed by atoms with Crippen molar-refractivity contribution in [1.82, 2.24) is 5.32 Å². The molecule has 1 aliphatic heterocycles. The number of hydrogen-bond donors (Lipinski definition) is 3. The van der Waals surface area contributed by atoms with Gasteiger partial charge in [0, 0.05) is 30.7 Å². The summed E-state index contributed by atoms with van der Waals surface area (Å²) in [5, 5.41) is 23.3. The lowest BCUT2D eigenvalue weighted by molar-refractivity contribution is -0.0229. The zero-order chi connectivity index (χ0) is 23.0. The van der Waals surface area contributed by atoms with E-state index in [9.17, 15) is 24.2 Å². The summed E-state index contributed by atoms with van der Waals surface area (Å²) in [5.74, 6) is -0.223. The predicted octanol–water partition coefficient (Wildman–Crippen LogP) is 3.14. The van der Waals surface area contributed by atoms with Gasteiger partial charge in [0.05, 0.1) is 5.60 Å². The van der Waals surface area contributed by atoms with Gasteiger partial charge in [-0.3, -0.25) is 4.79 Å². The number of rotatable bonds is 5. The number of hydrogen-bond acceptors (Lipinski definition) is 7. The minimum absolute atomic E-state index is 0.00624. The molecule has 1 aromatic heterocycles. The third kappa shape index (κ3) is 4.38. The van der Waals surface area contributed by atoms with Crippen LogP contribution in [0, 0.1) is 5.82 Å². The van der Waals surface area contributed by atoms with Crippen LogP contribution in [0.2, 0.25) is 0 Å². The molecule has 0 saturated heterocycles. The van der Waals surface area contributed by atoms with Gasteiger partial charge in [-0.1, -0.05) is 12.1 Å². The van der Waals surface area contributed by atoms with Gasteiger partial charge in [-0.2, -0.15) is 0 Å². The van der Waals surface area contributed by atoms with Gasteiger partial charge in [0.1, 0.15) is 40.1 Å². The van der Waals surface area contributed by atoms with Crippen LogP contribution in [-0.4, -0.2) is 28.0 Å². The van der Waals surface area contributed by atoms with Crippen molar-refractivity contribution in [1.29, 1.82) is 0 Å². The number of halogens is 1. The van der Waals surface area contributed by atoms with Crippen molar-refractivity contribution in [2.24, 2.45) is 0 Å². The van der Waals surface area contributed by atoms with Crippen LogP contribution in [0.25, 0.3) is 11.0 Å². The molecule has 0 spiro atoms. The molecule has 0 saturated carbocycles. The molecule has 3 N–H and O–H groups in total. The standard InChI is InChI=1S/C23H22FNO7/c1-23(2,29)19-8-15-17(32-19)9-18-20(21(15)27)16(26)7-14(31-18)11-30-22(28)25-10-12-3-5-13(24)6-4-12/h3-7,9,19,27,29H,8,10-11H2,1-2H3,(H,25,28). The summed E-state index contributed by atoms with van der Waals surface area (Å²) in [6.45, 7) is 3.02. The number of aromatic hydroxyl groups is 1. The minimum atomic E-state index is -1.14. The molecule has 1 aliphatic rings. The maximum absolute atomic E-state index is 12.9. The monoisotopic (exact) mass is 443 g/mol. The van der Waals surface area contributed by atoms with E-state index >= 15 is 0 Å². The SMILES string of the molecule is CC(C)(O)C1Cc2c(cc3oc(COC(=O)NCc4ccc(F)cc4)cc(=O)c3c2O)O1. The Morgan fingerprint density at radius 1 is 1.28 bits per heavy atom. The van der Waals surface area contributed by atoms with E-state index in [4.69, 9.17) is 13.9 Å². The molecular weight excluding hydrogens is 421 g/mol. The molecule has 1 amide bonds. The van der Waals surface area contributed by atoms with Gasteiger partial charge in [0.25, 0.3) is 0 Å². The van der Waals surface area contributed by atoms with Crippen LogP contribution in [0.15, 0.2) is 45.6 Å². The number of carbonyl (C=O) groups excluding carboxylic acids is 1. The fourth-order valence-electron chi connectivity index (χ4n) is 3.48. The fraction of sp³-hybridized carbons (Fsp3) is 0.304. The van der Waals surface area contributed by atoms with Crippen LogP contribution in [0.5, 0.6) is 11.5 Å². The molecule has 168 valence electrons. The maximum Gasteiger partial charge on any atom is 0.407 e. The van der Waals surface area contributed by atoms with Crippen molar-refractivity contribution in [3.8, 4) is 11.5 Å². The second-order valence-electron chi connectivity index (χ2n) is 8.17. The number of phenols is 1. The second kappa shape index (κ2) is 8.16. The number of carbonyl (C=O) groups is 1. The Balaban J connectivity index is 1.48. The molecule has 0 bridgehead atoms. The first-order valence-electron chi connectivity index (χ1n) is 9.97. The van der Waals surface area contributed by atoms with Gasteiger partial charge in [-0.05, 0) is 31.5 Å². The molecule has 0 radical (unpaired) electrons. The molecule has 0 fully saturated rings. The Hall–Kier alpha value is -3.59. The van der Waals surface area contributed by atoms with E-state index in [1.165, 1.54) is 30.3 Å². The van der Waals surface area contributed by atoms with Crippen LogP contribution in [-0.2, 0) is 24.3 Å². The third-order valence-corrected chi connectivity index (χ3v) is 5.25. The normalized spacial score (nSPS) is 15.3. The van der Waals surface area contributed by atoms with Crippen molar-refractivity contribution in [3.05, 3.63) is 69.3 Å². The van der Waals surface area contributed by atoms with E-state index in [0.717, 1.165) is 6.07 Å². The van der Waals surface area contributed by atoms with Crippen molar-refractivity contribution in [2.45, 2.75) is 45.1 Å². The number of fused-ring (bicyclic) bond motifs is 2. The Labute approximate surface area is 182 Å². The number of aliphatic hydroxyl groups is 1. The van der Waals surface area contributed by atoms with Gasteiger partial charge in [0.15, 0.2) is 12.0 Å². The summed E-state index contributed by atoms with van der Waals surface area (Å²) in [6.07, 6.45) is -1.08. The molecule has 3 aromatic rings. The van der Waals surface area contributed by atoms with E-state index in [-0.39, 0.29) is 47.9 Å². The third-order valence-electron chi connectivity index (χ3n) is 5.25. The van der Waals surface area contributed by atoms with Gasteiger partial charge < -0.3 is 29.4 Å². The van der Waals surface area contributed by atoms with Crippen LogP contribution in [0.3, 0.4) is 0 Å². The van der Waals surface area contributed by atoms with E-state index in [1.807, 2.05) is 0 Å². The van der Waals surface area contributed by atoms with Crippen molar-refractivity contribution in [2.75, 3.05) is 0 Å². The number of benzene rings is 2. The van der Waals surface area contributed by atoms with Gasteiger partial charge in [-0.25, -0.2) is 9.18 Å². The molecule has 9 heteroatoms. The zero-order valence-corrected chi connectivity index (χ0v) is 17.5. The topological polar surface area (TPSA) is 118 Å². The maximum atomic E-state index is 12.9. The summed E-state index contributed by atoms with van der Waals surface area (Å²) in [5.41, 5.74) is -0.440. The molecule has 1 unspecified atom stereocenters. The highest BCUT2D eigenvalue weighted by Gasteiger charge is 2.37. The molecule has 1 atom stereocenters. The number of amides is 1. The molecule has 8 nitrogen and oxygen atoms in total. The van der Waals surface area contributed by atoms with Crippen molar-refractivity contribution >= 4 is 17.1 Å². The van der Waals surface area contributed by atoms with E-state index < -0.39 is 23.2 Å². The molecule has 2 heterocycles. The van der Waals surface area contributed by atoms with Gasteiger partial charge in [0.2, 0.25) is 0 Å². The van der Waals surface area contributed by atoms with E-state index in [0.29, 0.717) is 16.9 Å². The highest BCUT2D eigenvalue weighted by Crippen LogP contribution is 2.42. The summed E-state index contributed by atoms with van der Waals surface area (Å²) >= 11 is 0. The fourth-order valence-corrected chi connectivity index (χ4v) is 3.48. The van der Waals surface area contributed by atoms with E-state index in [2.05, 4.69) is 5.32 Å². The number of phenolic OH excluding ortho intramolecular Hbond substituents is 1. The number of alkyl carbamates (subject to hydrolysis) is 1. The highest BCUT2D eigenvalue weighted by atomic mass is 19.1. The Kier molecular flexibility index (Phi) is 5.52. The Morgan fingerprint density at radius 2 is 2.00 bits per heavy atom. The first kappa shape index (κ1) is 21.6. The van der Waals surface area contributed by atoms with Crippen LogP contribution in [0.1, 0.15) is 30.7 Å². The average Bonchev–Trinajstić information content (AvgIpc) is 3.17. The first-order chi connectivity index (χ1) is 15.1. The van der Waals surface area contributed by atoms with Crippen LogP contribution >= 0.6 is 0 Å². The smallest absolute Gasteiger partial charge is 0.407 e. The summed E-state index contributed by atoms with van der Waals surface area (Å²) in [4.78, 5) is 24.5. The number of ether oxygens (including phenoxy) is 2. The largest absolute Gasteiger partial charge is 0.507 e. The molecule has 4 rings (SSSR count). The first-order valence-corrected chi connectivity index (χ1v) is 9.97. The summed E-state index contributed by atoms with van der Waals surface area (Å²) in [7, 11) is 0. The highest BCUT2D eigenvalue weighted by molar-refractivity contribution is 5.87. The second-order valence-corrected chi connectivity index (χ2v) is 8.17. The summed E-state index contributed by atoms with van der Waals surface area (Å²) in [6, 6.07) is 8.26. The minimum Gasteiger partial charge on any atom is -0.507 e.